The summed E-state index contributed by atoms with van der Waals surface area (Å²) in [5, 5.41) is 11.8. The van der Waals surface area contributed by atoms with Gasteiger partial charge in [0.25, 0.3) is 5.91 Å². The Balaban J connectivity index is 2.14. The Morgan fingerprint density at radius 2 is 1.81 bits per heavy atom. The molecule has 1 atom stereocenters. The molecule has 2 rings (SSSR count). The molecule has 21 heavy (non-hydrogen) atoms. The standard InChI is InChI=1S/C18H18N2O/c1-12-4-5-13(2)17(10-12)14(3)20-18(21)16-8-6-15(11-19)7-9-16/h4-10,14H,1-3H3,(H,20,21). The summed E-state index contributed by atoms with van der Waals surface area (Å²) in [7, 11) is 0. The van der Waals surface area contributed by atoms with Crippen LogP contribution >= 0.6 is 0 Å². The lowest BCUT2D eigenvalue weighted by atomic mass is 9.99. The van der Waals surface area contributed by atoms with E-state index >= 15 is 0 Å². The molecule has 0 aromatic heterocycles. The molecule has 2 aromatic carbocycles. The Morgan fingerprint density at radius 3 is 2.43 bits per heavy atom. The molecule has 106 valence electrons. The first-order valence-corrected chi connectivity index (χ1v) is 6.89. The van der Waals surface area contributed by atoms with Crippen molar-refractivity contribution in [3.63, 3.8) is 0 Å². The van der Waals surface area contributed by atoms with Gasteiger partial charge in [0.15, 0.2) is 0 Å². The SMILES string of the molecule is Cc1ccc(C)c(C(C)NC(=O)c2ccc(C#N)cc2)c1. The Kier molecular flexibility index (Phi) is 4.39. The lowest BCUT2D eigenvalue weighted by Crippen LogP contribution is -2.27. The number of hydrogen-bond donors (Lipinski definition) is 1. The Morgan fingerprint density at radius 1 is 1.14 bits per heavy atom. The molecule has 0 saturated heterocycles. The summed E-state index contributed by atoms with van der Waals surface area (Å²) in [6.45, 7) is 6.06. The Hall–Kier alpha value is -2.60. The van der Waals surface area contributed by atoms with Crippen molar-refractivity contribution in [3.8, 4) is 6.07 Å². The van der Waals surface area contributed by atoms with Crippen LogP contribution in [-0.2, 0) is 0 Å². The molecule has 0 bridgehead atoms. The highest BCUT2D eigenvalue weighted by Crippen LogP contribution is 2.19. The van der Waals surface area contributed by atoms with Crippen molar-refractivity contribution in [1.82, 2.24) is 5.32 Å². The van der Waals surface area contributed by atoms with Gasteiger partial charge >= 0.3 is 0 Å². The molecule has 0 radical (unpaired) electrons. The van der Waals surface area contributed by atoms with Crippen LogP contribution in [0, 0.1) is 25.2 Å². The van der Waals surface area contributed by atoms with E-state index in [1.54, 1.807) is 24.3 Å². The zero-order valence-corrected chi connectivity index (χ0v) is 12.5. The molecule has 3 heteroatoms. The predicted molar refractivity (Wildman–Crippen MR) is 83.0 cm³/mol. The third-order valence-electron chi connectivity index (χ3n) is 3.53. The lowest BCUT2D eigenvalue weighted by molar-refractivity contribution is 0.0940. The molecule has 0 saturated carbocycles. The maximum absolute atomic E-state index is 12.2. The van der Waals surface area contributed by atoms with Crippen LogP contribution in [0.3, 0.4) is 0 Å². The summed E-state index contributed by atoms with van der Waals surface area (Å²) < 4.78 is 0. The molecular weight excluding hydrogens is 260 g/mol. The second-order valence-corrected chi connectivity index (χ2v) is 5.24. The number of amides is 1. The van der Waals surface area contributed by atoms with Crippen molar-refractivity contribution in [2.75, 3.05) is 0 Å². The highest BCUT2D eigenvalue weighted by molar-refractivity contribution is 5.94. The van der Waals surface area contributed by atoms with Crippen LogP contribution < -0.4 is 5.32 Å². The van der Waals surface area contributed by atoms with Crippen LogP contribution in [0.15, 0.2) is 42.5 Å². The zero-order chi connectivity index (χ0) is 15.4. The van der Waals surface area contributed by atoms with Gasteiger partial charge in [-0.25, -0.2) is 0 Å². The second kappa shape index (κ2) is 6.23. The van der Waals surface area contributed by atoms with Crippen molar-refractivity contribution < 1.29 is 4.79 Å². The molecular formula is C18H18N2O. The van der Waals surface area contributed by atoms with Gasteiger partial charge < -0.3 is 5.32 Å². The fourth-order valence-corrected chi connectivity index (χ4v) is 2.28. The van der Waals surface area contributed by atoms with E-state index in [0.29, 0.717) is 11.1 Å². The summed E-state index contributed by atoms with van der Waals surface area (Å²) in [6, 6.07) is 14.8. The van der Waals surface area contributed by atoms with Gasteiger partial charge in [0.05, 0.1) is 17.7 Å². The smallest absolute Gasteiger partial charge is 0.251 e. The van der Waals surface area contributed by atoms with Gasteiger partial charge in [0, 0.05) is 5.56 Å². The summed E-state index contributed by atoms with van der Waals surface area (Å²) in [6.07, 6.45) is 0. The number of aryl methyl sites for hydroxylation is 2. The van der Waals surface area contributed by atoms with Crippen LogP contribution in [0.5, 0.6) is 0 Å². The average molecular weight is 278 g/mol. The number of hydrogen-bond acceptors (Lipinski definition) is 2. The van der Waals surface area contributed by atoms with Gasteiger partial charge in [0.2, 0.25) is 0 Å². The van der Waals surface area contributed by atoms with Gasteiger partial charge in [-0.2, -0.15) is 5.26 Å². The van der Waals surface area contributed by atoms with Gasteiger partial charge in [-0.05, 0) is 56.2 Å². The van der Waals surface area contributed by atoms with E-state index in [-0.39, 0.29) is 11.9 Å². The highest BCUT2D eigenvalue weighted by atomic mass is 16.1. The number of carbonyl (C=O) groups excluding carboxylic acids is 1. The first-order chi connectivity index (χ1) is 10.0. The second-order valence-electron chi connectivity index (χ2n) is 5.24. The van der Waals surface area contributed by atoms with Crippen molar-refractivity contribution >= 4 is 5.91 Å². The molecule has 0 heterocycles. The fourth-order valence-electron chi connectivity index (χ4n) is 2.28. The molecule has 2 aromatic rings. The van der Waals surface area contributed by atoms with Crippen molar-refractivity contribution in [2.24, 2.45) is 0 Å². The van der Waals surface area contributed by atoms with Gasteiger partial charge in [0.1, 0.15) is 0 Å². The molecule has 0 fully saturated rings. The summed E-state index contributed by atoms with van der Waals surface area (Å²) in [4.78, 5) is 12.2. The van der Waals surface area contributed by atoms with Crippen LogP contribution in [-0.4, -0.2) is 5.91 Å². The minimum atomic E-state index is -0.132. The van der Waals surface area contributed by atoms with Crippen LogP contribution in [0.2, 0.25) is 0 Å². The monoisotopic (exact) mass is 278 g/mol. The van der Waals surface area contributed by atoms with E-state index in [1.165, 1.54) is 5.56 Å². The number of nitriles is 1. The third-order valence-corrected chi connectivity index (χ3v) is 3.53. The largest absolute Gasteiger partial charge is 0.346 e. The summed E-state index contributed by atoms with van der Waals surface area (Å²) >= 11 is 0. The molecule has 1 amide bonds. The highest BCUT2D eigenvalue weighted by Gasteiger charge is 2.13. The fraction of sp³-hybridized carbons (Fsp3) is 0.222. The zero-order valence-electron chi connectivity index (χ0n) is 12.5. The molecule has 1 N–H and O–H groups in total. The summed E-state index contributed by atoms with van der Waals surface area (Å²) in [5.74, 6) is -0.132. The van der Waals surface area contributed by atoms with E-state index in [9.17, 15) is 4.79 Å². The predicted octanol–water partition coefficient (Wildman–Crippen LogP) is 3.67. The Bertz CT molecular complexity index is 696. The van der Waals surface area contributed by atoms with Crippen LogP contribution in [0.1, 0.15) is 45.6 Å². The van der Waals surface area contributed by atoms with Gasteiger partial charge in [-0.3, -0.25) is 4.79 Å². The minimum Gasteiger partial charge on any atom is -0.346 e. The van der Waals surface area contributed by atoms with E-state index in [2.05, 4.69) is 23.5 Å². The maximum Gasteiger partial charge on any atom is 0.251 e. The van der Waals surface area contributed by atoms with Crippen molar-refractivity contribution in [3.05, 3.63) is 70.3 Å². The third kappa shape index (κ3) is 3.49. The number of nitrogens with one attached hydrogen (secondary N) is 1. The van der Waals surface area contributed by atoms with E-state index in [4.69, 9.17) is 5.26 Å². The van der Waals surface area contributed by atoms with Crippen molar-refractivity contribution in [2.45, 2.75) is 26.8 Å². The Labute approximate surface area is 125 Å². The van der Waals surface area contributed by atoms with E-state index < -0.39 is 0 Å². The normalized spacial score (nSPS) is 11.5. The molecule has 0 aliphatic carbocycles. The number of rotatable bonds is 3. The first-order valence-electron chi connectivity index (χ1n) is 6.89. The van der Waals surface area contributed by atoms with Gasteiger partial charge in [-0.15, -0.1) is 0 Å². The van der Waals surface area contributed by atoms with Crippen molar-refractivity contribution in [1.29, 1.82) is 5.26 Å². The lowest BCUT2D eigenvalue weighted by Gasteiger charge is -2.17. The molecule has 0 aliphatic heterocycles. The molecule has 1 unspecified atom stereocenters. The summed E-state index contributed by atoms with van der Waals surface area (Å²) in [5.41, 5.74) is 4.57. The molecule has 0 spiro atoms. The minimum absolute atomic E-state index is 0.0620. The number of benzene rings is 2. The first kappa shape index (κ1) is 14.8. The van der Waals surface area contributed by atoms with Crippen LogP contribution in [0.4, 0.5) is 0 Å². The van der Waals surface area contributed by atoms with E-state index in [0.717, 1.165) is 11.1 Å². The quantitative estimate of drug-likeness (QED) is 0.931. The number of carbonyl (C=O) groups is 1. The maximum atomic E-state index is 12.2. The number of nitrogens with zero attached hydrogens (tertiary/aromatic N) is 1. The topological polar surface area (TPSA) is 52.9 Å². The van der Waals surface area contributed by atoms with E-state index in [1.807, 2.05) is 26.8 Å². The van der Waals surface area contributed by atoms with Gasteiger partial charge in [-0.1, -0.05) is 23.8 Å². The molecule has 3 nitrogen and oxygen atoms in total. The average Bonchev–Trinajstić information content (AvgIpc) is 2.49. The molecule has 0 aliphatic rings. The van der Waals surface area contributed by atoms with Crippen LogP contribution in [0.25, 0.3) is 0 Å².